The molecule has 154 valence electrons. The Morgan fingerprint density at radius 3 is 2.32 bits per heavy atom. The van der Waals surface area contributed by atoms with Gasteiger partial charge in [0.1, 0.15) is 11.5 Å². The summed E-state index contributed by atoms with van der Waals surface area (Å²) < 4.78 is 39.3. The molecule has 3 N–H and O–H groups in total. The standard InChI is InChI=1S/C24H15F3N2O2/c25-24(26,27)14-3-1-13(2-4-14)23(19-11-28-21-9-15(30)5-7-17(19)21)20-12-29-22-10-16(31)6-8-18(20)22/h1-12,28,30-31H/b23-20+. The van der Waals surface area contributed by atoms with Crippen LogP contribution in [0.15, 0.2) is 71.9 Å². The smallest absolute Gasteiger partial charge is 0.416 e. The zero-order valence-electron chi connectivity index (χ0n) is 15.9. The summed E-state index contributed by atoms with van der Waals surface area (Å²) in [5.74, 6) is 0.184. The molecule has 1 aromatic heterocycles. The average Bonchev–Trinajstić information content (AvgIpc) is 3.32. The lowest BCUT2D eigenvalue weighted by atomic mass is 9.89. The number of nitrogens with one attached hydrogen (secondary N) is 1. The molecule has 4 nitrogen and oxygen atoms in total. The number of hydrogen-bond donors (Lipinski definition) is 3. The molecule has 0 radical (unpaired) electrons. The number of nitrogens with zero attached hydrogens (tertiary/aromatic N) is 1. The van der Waals surface area contributed by atoms with Crippen molar-refractivity contribution in [3.63, 3.8) is 0 Å². The van der Waals surface area contributed by atoms with Crippen LogP contribution >= 0.6 is 0 Å². The van der Waals surface area contributed by atoms with E-state index in [2.05, 4.69) is 9.98 Å². The average molecular weight is 420 g/mol. The van der Waals surface area contributed by atoms with Crippen molar-refractivity contribution in [2.75, 3.05) is 0 Å². The molecule has 5 rings (SSSR count). The first-order chi connectivity index (χ1) is 14.8. The number of rotatable bonds is 2. The fourth-order valence-electron chi connectivity index (χ4n) is 3.86. The number of phenolic OH excluding ortho intramolecular Hbond substituents is 2. The van der Waals surface area contributed by atoms with Crippen molar-refractivity contribution in [1.29, 1.82) is 0 Å². The molecule has 1 aliphatic heterocycles. The summed E-state index contributed by atoms with van der Waals surface area (Å²) >= 11 is 0. The Kier molecular flexibility index (Phi) is 4.15. The molecule has 0 saturated heterocycles. The number of allylic oxidation sites excluding steroid dienone is 1. The van der Waals surface area contributed by atoms with E-state index in [9.17, 15) is 23.4 Å². The second kappa shape index (κ2) is 6.77. The van der Waals surface area contributed by atoms with Crippen molar-refractivity contribution in [3.8, 4) is 11.5 Å². The third-order valence-electron chi connectivity index (χ3n) is 5.31. The number of hydrogen-bond acceptors (Lipinski definition) is 3. The van der Waals surface area contributed by atoms with E-state index >= 15 is 0 Å². The van der Waals surface area contributed by atoms with E-state index in [1.165, 1.54) is 18.2 Å². The molecule has 0 atom stereocenters. The molecule has 0 spiro atoms. The summed E-state index contributed by atoms with van der Waals surface area (Å²) in [5.41, 5.74) is 4.08. The monoisotopic (exact) mass is 420 g/mol. The normalized spacial score (nSPS) is 14.8. The van der Waals surface area contributed by atoms with Gasteiger partial charge in [-0.2, -0.15) is 13.2 Å². The number of aromatic nitrogens is 1. The second-order valence-corrected chi connectivity index (χ2v) is 7.26. The van der Waals surface area contributed by atoms with Gasteiger partial charge in [0.25, 0.3) is 0 Å². The van der Waals surface area contributed by atoms with Gasteiger partial charge in [-0.25, -0.2) is 0 Å². The summed E-state index contributed by atoms with van der Waals surface area (Å²) in [6.45, 7) is 0. The third-order valence-corrected chi connectivity index (χ3v) is 5.31. The maximum absolute atomic E-state index is 13.1. The van der Waals surface area contributed by atoms with E-state index in [1.54, 1.807) is 42.7 Å². The molecule has 0 aliphatic carbocycles. The fourth-order valence-corrected chi connectivity index (χ4v) is 3.86. The highest BCUT2D eigenvalue weighted by Gasteiger charge is 2.30. The van der Waals surface area contributed by atoms with Gasteiger partial charge in [-0.1, -0.05) is 12.1 Å². The summed E-state index contributed by atoms with van der Waals surface area (Å²) in [7, 11) is 0. The SMILES string of the molecule is Oc1ccc2c(c1)N=C/C2=C(/c1ccc(C(F)(F)F)cc1)c1c[nH]c2cc(O)ccc12. The first-order valence-electron chi connectivity index (χ1n) is 9.41. The maximum Gasteiger partial charge on any atom is 0.416 e. The molecule has 1 aliphatic rings. The predicted octanol–water partition coefficient (Wildman–Crippen LogP) is 6.27. The van der Waals surface area contributed by atoms with Crippen LogP contribution in [0.4, 0.5) is 18.9 Å². The van der Waals surface area contributed by atoms with Crippen molar-refractivity contribution in [3.05, 3.63) is 89.1 Å². The van der Waals surface area contributed by atoms with Crippen LogP contribution in [0, 0.1) is 0 Å². The first kappa shape index (κ1) is 19.0. The van der Waals surface area contributed by atoms with Crippen molar-refractivity contribution in [2.45, 2.75) is 6.18 Å². The van der Waals surface area contributed by atoms with E-state index in [0.29, 0.717) is 22.3 Å². The topological polar surface area (TPSA) is 68.6 Å². The minimum Gasteiger partial charge on any atom is -0.508 e. The number of phenols is 2. The molecule has 4 aromatic rings. The van der Waals surface area contributed by atoms with E-state index in [0.717, 1.165) is 34.2 Å². The van der Waals surface area contributed by atoms with Crippen LogP contribution in [0.25, 0.3) is 22.0 Å². The Labute approximate surface area is 174 Å². The quantitative estimate of drug-likeness (QED) is 0.358. The number of benzene rings is 3. The fraction of sp³-hybridized carbons (Fsp3) is 0.0417. The zero-order valence-corrected chi connectivity index (χ0v) is 15.9. The molecule has 2 heterocycles. The Morgan fingerprint density at radius 2 is 1.58 bits per heavy atom. The summed E-state index contributed by atoms with van der Waals surface area (Å²) in [6.07, 6.45) is -1.02. The maximum atomic E-state index is 13.1. The molecular formula is C24H15F3N2O2. The van der Waals surface area contributed by atoms with Gasteiger partial charge in [0.15, 0.2) is 0 Å². The van der Waals surface area contributed by atoms with Crippen molar-refractivity contribution < 1.29 is 23.4 Å². The van der Waals surface area contributed by atoms with Gasteiger partial charge < -0.3 is 15.2 Å². The van der Waals surface area contributed by atoms with Gasteiger partial charge in [-0.15, -0.1) is 0 Å². The molecule has 3 aromatic carbocycles. The van der Waals surface area contributed by atoms with Crippen molar-refractivity contribution in [2.24, 2.45) is 4.99 Å². The first-order valence-corrected chi connectivity index (χ1v) is 9.41. The molecule has 0 saturated carbocycles. The number of aliphatic imine (C=N–C) groups is 1. The van der Waals surface area contributed by atoms with Crippen LogP contribution < -0.4 is 0 Å². The number of alkyl halides is 3. The molecular weight excluding hydrogens is 405 g/mol. The van der Waals surface area contributed by atoms with Gasteiger partial charge in [-0.05, 0) is 42.0 Å². The number of aromatic amines is 1. The van der Waals surface area contributed by atoms with Gasteiger partial charge in [-0.3, -0.25) is 4.99 Å². The highest BCUT2D eigenvalue weighted by atomic mass is 19.4. The van der Waals surface area contributed by atoms with Gasteiger partial charge >= 0.3 is 6.18 Å². The number of aromatic hydroxyl groups is 2. The molecule has 0 bridgehead atoms. The second-order valence-electron chi connectivity index (χ2n) is 7.26. The van der Waals surface area contributed by atoms with Crippen LogP contribution in [-0.4, -0.2) is 21.4 Å². The zero-order chi connectivity index (χ0) is 21.8. The minimum absolute atomic E-state index is 0.0794. The van der Waals surface area contributed by atoms with E-state index < -0.39 is 11.7 Å². The minimum atomic E-state index is -4.43. The summed E-state index contributed by atoms with van der Waals surface area (Å²) in [6, 6.07) is 14.7. The summed E-state index contributed by atoms with van der Waals surface area (Å²) in [5, 5.41) is 20.4. The van der Waals surface area contributed by atoms with Crippen LogP contribution in [0.5, 0.6) is 11.5 Å². The van der Waals surface area contributed by atoms with Gasteiger partial charge in [0.05, 0.1) is 11.3 Å². The Bertz CT molecular complexity index is 1380. The van der Waals surface area contributed by atoms with Crippen molar-refractivity contribution in [1.82, 2.24) is 4.98 Å². The predicted molar refractivity (Wildman–Crippen MR) is 114 cm³/mol. The van der Waals surface area contributed by atoms with Gasteiger partial charge in [0, 0.05) is 57.7 Å². The molecule has 0 unspecified atom stereocenters. The number of halogens is 3. The summed E-state index contributed by atoms with van der Waals surface area (Å²) in [4.78, 5) is 7.49. The Morgan fingerprint density at radius 1 is 0.871 bits per heavy atom. The lowest BCUT2D eigenvalue weighted by molar-refractivity contribution is -0.137. The largest absolute Gasteiger partial charge is 0.508 e. The molecule has 0 fully saturated rings. The Balaban J connectivity index is 1.78. The highest BCUT2D eigenvalue weighted by molar-refractivity contribution is 6.27. The number of fused-ring (bicyclic) bond motifs is 2. The lowest BCUT2D eigenvalue weighted by Crippen LogP contribution is -2.04. The Hall–Kier alpha value is -4.00. The molecule has 0 amide bonds. The molecule has 31 heavy (non-hydrogen) atoms. The van der Waals surface area contributed by atoms with Gasteiger partial charge in [0.2, 0.25) is 0 Å². The highest BCUT2D eigenvalue weighted by Crippen LogP contribution is 2.43. The molecule has 7 heteroatoms. The van der Waals surface area contributed by atoms with Crippen LogP contribution in [0.3, 0.4) is 0 Å². The third kappa shape index (κ3) is 3.24. The van der Waals surface area contributed by atoms with Crippen molar-refractivity contribution >= 4 is 34.0 Å². The van der Waals surface area contributed by atoms with E-state index in [1.807, 2.05) is 0 Å². The lowest BCUT2D eigenvalue weighted by Gasteiger charge is -2.14. The van der Waals surface area contributed by atoms with E-state index in [-0.39, 0.29) is 11.5 Å². The van der Waals surface area contributed by atoms with Crippen LogP contribution in [-0.2, 0) is 6.18 Å². The van der Waals surface area contributed by atoms with Crippen LogP contribution in [0.1, 0.15) is 22.3 Å². The van der Waals surface area contributed by atoms with E-state index in [4.69, 9.17) is 0 Å². The van der Waals surface area contributed by atoms with Crippen LogP contribution in [0.2, 0.25) is 0 Å². The number of H-pyrrole nitrogens is 1.